The van der Waals surface area contributed by atoms with Crippen LogP contribution in [0.25, 0.3) is 0 Å². The first-order valence-corrected chi connectivity index (χ1v) is 6.52. The molecule has 1 heterocycles. The normalized spacial score (nSPS) is 10.2. The van der Waals surface area contributed by atoms with Gasteiger partial charge in [0.15, 0.2) is 0 Å². The van der Waals surface area contributed by atoms with Gasteiger partial charge in [0.25, 0.3) is 0 Å². The van der Waals surface area contributed by atoms with E-state index in [0.29, 0.717) is 11.4 Å². The maximum Gasteiger partial charge on any atom is 0.335 e. The second-order valence-electron chi connectivity index (χ2n) is 4.86. The molecule has 108 valence electrons. The molecule has 21 heavy (non-hydrogen) atoms. The van der Waals surface area contributed by atoms with Gasteiger partial charge in [0.1, 0.15) is 5.82 Å². The summed E-state index contributed by atoms with van der Waals surface area (Å²) >= 11 is 0. The number of benzene rings is 1. The Morgan fingerprint density at radius 2 is 1.90 bits per heavy atom. The molecule has 0 aliphatic rings. The van der Waals surface area contributed by atoms with Crippen molar-refractivity contribution in [1.82, 2.24) is 4.98 Å². The van der Waals surface area contributed by atoms with Crippen LogP contribution in [0.1, 0.15) is 27.2 Å². The summed E-state index contributed by atoms with van der Waals surface area (Å²) in [7, 11) is 0. The third-order valence-corrected chi connectivity index (χ3v) is 2.96. The van der Waals surface area contributed by atoms with Crippen molar-refractivity contribution in [1.29, 1.82) is 0 Å². The number of hydrogen-bond acceptors (Lipinski definition) is 3. The molecule has 0 aliphatic carbocycles. The van der Waals surface area contributed by atoms with Gasteiger partial charge in [0.05, 0.1) is 12.0 Å². The predicted molar refractivity (Wildman–Crippen MR) is 79.4 cm³/mol. The van der Waals surface area contributed by atoms with Crippen LogP contribution < -0.4 is 5.32 Å². The molecule has 0 saturated carbocycles. The van der Waals surface area contributed by atoms with E-state index < -0.39 is 5.97 Å². The van der Waals surface area contributed by atoms with Gasteiger partial charge in [-0.3, -0.25) is 4.79 Å². The first kappa shape index (κ1) is 14.7. The van der Waals surface area contributed by atoms with Crippen molar-refractivity contribution in [3.8, 4) is 0 Å². The van der Waals surface area contributed by atoms with Crippen LogP contribution >= 0.6 is 0 Å². The topological polar surface area (TPSA) is 79.3 Å². The van der Waals surface area contributed by atoms with Crippen LogP contribution in [0.4, 0.5) is 5.82 Å². The van der Waals surface area contributed by atoms with Gasteiger partial charge in [-0.25, -0.2) is 9.78 Å². The summed E-state index contributed by atoms with van der Waals surface area (Å²) in [5.74, 6) is -0.852. The van der Waals surface area contributed by atoms with Crippen LogP contribution in [-0.4, -0.2) is 22.0 Å². The van der Waals surface area contributed by atoms with Crippen molar-refractivity contribution in [2.75, 3.05) is 5.32 Å². The Morgan fingerprint density at radius 3 is 2.57 bits per heavy atom. The van der Waals surface area contributed by atoms with Crippen LogP contribution in [0.2, 0.25) is 0 Å². The second kappa shape index (κ2) is 6.17. The minimum Gasteiger partial charge on any atom is -0.478 e. The zero-order chi connectivity index (χ0) is 15.4. The van der Waals surface area contributed by atoms with Crippen LogP contribution in [0.5, 0.6) is 0 Å². The van der Waals surface area contributed by atoms with E-state index in [0.717, 1.165) is 11.3 Å². The number of anilines is 1. The lowest BCUT2D eigenvalue weighted by Crippen LogP contribution is -2.17. The molecule has 1 aromatic heterocycles. The zero-order valence-corrected chi connectivity index (χ0v) is 11.9. The lowest BCUT2D eigenvalue weighted by Gasteiger charge is -2.08. The Hall–Kier alpha value is -2.69. The van der Waals surface area contributed by atoms with Crippen molar-refractivity contribution in [2.45, 2.75) is 20.3 Å². The molecular weight excluding hydrogens is 268 g/mol. The number of rotatable bonds is 4. The third kappa shape index (κ3) is 3.89. The van der Waals surface area contributed by atoms with E-state index in [9.17, 15) is 9.59 Å². The fraction of sp³-hybridized carbons (Fsp3) is 0.188. The molecule has 1 amide bonds. The van der Waals surface area contributed by atoms with Crippen molar-refractivity contribution < 1.29 is 14.7 Å². The fourth-order valence-electron chi connectivity index (χ4n) is 2.15. The van der Waals surface area contributed by atoms with E-state index in [2.05, 4.69) is 10.3 Å². The Bertz CT molecular complexity index is 675. The van der Waals surface area contributed by atoms with Crippen LogP contribution in [0.3, 0.4) is 0 Å². The SMILES string of the molecule is Cc1cc(C)nc(NC(=O)Cc2ccccc2C(=O)O)c1. The van der Waals surface area contributed by atoms with E-state index in [4.69, 9.17) is 5.11 Å². The molecule has 0 fully saturated rings. The predicted octanol–water partition coefficient (Wildman–Crippen LogP) is 2.58. The number of pyridine rings is 1. The van der Waals surface area contributed by atoms with Gasteiger partial charge in [-0.1, -0.05) is 18.2 Å². The number of hydrogen-bond donors (Lipinski definition) is 2. The molecule has 5 nitrogen and oxygen atoms in total. The van der Waals surface area contributed by atoms with Crippen LogP contribution in [0, 0.1) is 13.8 Å². The molecule has 1 aromatic carbocycles. The highest BCUT2D eigenvalue weighted by molar-refractivity contribution is 5.95. The summed E-state index contributed by atoms with van der Waals surface area (Å²) in [6, 6.07) is 10.2. The van der Waals surface area contributed by atoms with Crippen molar-refractivity contribution in [3.63, 3.8) is 0 Å². The zero-order valence-electron chi connectivity index (χ0n) is 11.9. The second-order valence-corrected chi connectivity index (χ2v) is 4.86. The minimum absolute atomic E-state index is 0.00283. The molecule has 2 aromatic rings. The molecule has 0 bridgehead atoms. The van der Waals surface area contributed by atoms with Gasteiger partial charge in [0, 0.05) is 5.69 Å². The quantitative estimate of drug-likeness (QED) is 0.904. The van der Waals surface area contributed by atoms with Gasteiger partial charge >= 0.3 is 5.97 Å². The van der Waals surface area contributed by atoms with Gasteiger partial charge in [0.2, 0.25) is 5.91 Å². The number of carbonyl (C=O) groups is 2. The van der Waals surface area contributed by atoms with Crippen molar-refractivity contribution in [2.24, 2.45) is 0 Å². The molecule has 0 aliphatic heterocycles. The molecule has 5 heteroatoms. The number of carboxylic acid groups (broad SMARTS) is 1. The highest BCUT2D eigenvalue weighted by Gasteiger charge is 2.13. The average Bonchev–Trinajstić information content (AvgIpc) is 2.37. The van der Waals surface area contributed by atoms with E-state index in [1.807, 2.05) is 19.9 Å². The Morgan fingerprint density at radius 1 is 1.19 bits per heavy atom. The number of carbonyl (C=O) groups excluding carboxylic acids is 1. The number of aromatic nitrogens is 1. The Balaban J connectivity index is 2.14. The number of carboxylic acids is 1. The Labute approximate surface area is 122 Å². The summed E-state index contributed by atoms with van der Waals surface area (Å²) in [6.07, 6.45) is -0.00283. The number of nitrogens with one attached hydrogen (secondary N) is 1. The van der Waals surface area contributed by atoms with E-state index >= 15 is 0 Å². The summed E-state index contributed by atoms with van der Waals surface area (Å²) in [5.41, 5.74) is 2.44. The maximum absolute atomic E-state index is 12.0. The average molecular weight is 284 g/mol. The molecule has 2 N–H and O–H groups in total. The summed E-state index contributed by atoms with van der Waals surface area (Å²) < 4.78 is 0. The van der Waals surface area contributed by atoms with Crippen LogP contribution in [0.15, 0.2) is 36.4 Å². The third-order valence-electron chi connectivity index (χ3n) is 2.96. The van der Waals surface area contributed by atoms with E-state index in [1.54, 1.807) is 24.3 Å². The first-order valence-electron chi connectivity index (χ1n) is 6.52. The molecule has 0 radical (unpaired) electrons. The number of aryl methyl sites for hydroxylation is 2. The molecule has 2 rings (SSSR count). The first-order chi connectivity index (χ1) is 9.95. The standard InChI is InChI=1S/C16H16N2O3/c1-10-7-11(2)17-14(8-10)18-15(19)9-12-5-3-4-6-13(12)16(20)21/h3-8H,9H2,1-2H3,(H,20,21)(H,17,18,19). The van der Waals surface area contributed by atoms with Crippen molar-refractivity contribution in [3.05, 3.63) is 58.8 Å². The number of aromatic carboxylic acids is 1. The molecular formula is C16H16N2O3. The largest absolute Gasteiger partial charge is 0.478 e. The van der Waals surface area contributed by atoms with Gasteiger partial charge in [-0.2, -0.15) is 0 Å². The monoisotopic (exact) mass is 284 g/mol. The fourth-order valence-corrected chi connectivity index (χ4v) is 2.15. The van der Waals surface area contributed by atoms with Gasteiger partial charge < -0.3 is 10.4 Å². The highest BCUT2D eigenvalue weighted by Crippen LogP contribution is 2.12. The lowest BCUT2D eigenvalue weighted by molar-refractivity contribution is -0.115. The molecule has 0 atom stereocenters. The summed E-state index contributed by atoms with van der Waals surface area (Å²) in [4.78, 5) is 27.4. The minimum atomic E-state index is -1.04. The van der Waals surface area contributed by atoms with Crippen molar-refractivity contribution >= 4 is 17.7 Å². The van der Waals surface area contributed by atoms with Crippen LogP contribution in [-0.2, 0) is 11.2 Å². The lowest BCUT2D eigenvalue weighted by atomic mass is 10.0. The number of amides is 1. The summed E-state index contributed by atoms with van der Waals surface area (Å²) in [6.45, 7) is 3.77. The van der Waals surface area contributed by atoms with E-state index in [1.165, 1.54) is 6.07 Å². The summed E-state index contributed by atoms with van der Waals surface area (Å²) in [5, 5.41) is 11.8. The van der Waals surface area contributed by atoms with Gasteiger partial charge in [-0.15, -0.1) is 0 Å². The highest BCUT2D eigenvalue weighted by atomic mass is 16.4. The maximum atomic E-state index is 12.0. The molecule has 0 spiro atoms. The van der Waals surface area contributed by atoms with Gasteiger partial charge in [-0.05, 0) is 43.2 Å². The smallest absolute Gasteiger partial charge is 0.335 e. The molecule has 0 saturated heterocycles. The number of nitrogens with zero attached hydrogens (tertiary/aromatic N) is 1. The van der Waals surface area contributed by atoms with E-state index in [-0.39, 0.29) is 17.9 Å². The molecule has 0 unspecified atom stereocenters. The Kier molecular flexibility index (Phi) is 4.33.